The number of nitriles is 1. The molecule has 2 aromatic rings. The minimum atomic E-state index is 0.338. The molecule has 0 saturated carbocycles. The van der Waals surface area contributed by atoms with Gasteiger partial charge in [0.25, 0.3) is 0 Å². The third kappa shape index (κ3) is 2.26. The van der Waals surface area contributed by atoms with Crippen LogP contribution in [-0.2, 0) is 6.42 Å². The zero-order valence-corrected chi connectivity index (χ0v) is 10.2. The van der Waals surface area contributed by atoms with Crippen LogP contribution in [0.2, 0.25) is 0 Å². The highest BCUT2D eigenvalue weighted by Crippen LogP contribution is 2.21. The molecule has 0 aliphatic heterocycles. The standard InChI is InChI=1S/C14H16N2O/c1-3-11(2)16-12(6-7-13(16)10-15)9-14-5-4-8-17-14/h4-8,11H,3,9H2,1-2H3/t11-/m0/s1. The summed E-state index contributed by atoms with van der Waals surface area (Å²) in [4.78, 5) is 0. The van der Waals surface area contributed by atoms with E-state index in [4.69, 9.17) is 9.68 Å². The highest BCUT2D eigenvalue weighted by molar-refractivity contribution is 5.29. The Balaban J connectivity index is 2.34. The van der Waals surface area contributed by atoms with Crippen molar-refractivity contribution >= 4 is 0 Å². The molecule has 0 saturated heterocycles. The van der Waals surface area contributed by atoms with Crippen LogP contribution in [0.15, 0.2) is 34.9 Å². The van der Waals surface area contributed by atoms with Gasteiger partial charge in [-0.05, 0) is 37.6 Å². The van der Waals surface area contributed by atoms with Crippen LogP contribution in [0.1, 0.15) is 43.5 Å². The number of hydrogen-bond acceptors (Lipinski definition) is 2. The van der Waals surface area contributed by atoms with Crippen LogP contribution in [0.25, 0.3) is 0 Å². The normalized spacial score (nSPS) is 12.3. The second kappa shape index (κ2) is 4.92. The molecular formula is C14H16N2O. The summed E-state index contributed by atoms with van der Waals surface area (Å²) >= 11 is 0. The van der Waals surface area contributed by atoms with Crippen LogP contribution in [0.3, 0.4) is 0 Å². The molecule has 2 aromatic heterocycles. The summed E-state index contributed by atoms with van der Waals surface area (Å²) in [5.74, 6) is 0.928. The summed E-state index contributed by atoms with van der Waals surface area (Å²) in [6.07, 6.45) is 3.42. The number of nitrogens with zero attached hydrogens (tertiary/aromatic N) is 2. The summed E-state index contributed by atoms with van der Waals surface area (Å²) in [7, 11) is 0. The average Bonchev–Trinajstić information content (AvgIpc) is 2.98. The number of furan rings is 1. The first-order valence-corrected chi connectivity index (χ1v) is 5.88. The monoisotopic (exact) mass is 228 g/mol. The molecule has 0 aliphatic carbocycles. The van der Waals surface area contributed by atoms with Crippen molar-refractivity contribution in [2.75, 3.05) is 0 Å². The van der Waals surface area contributed by atoms with E-state index in [1.165, 1.54) is 0 Å². The van der Waals surface area contributed by atoms with Gasteiger partial charge in [0, 0.05) is 18.2 Å². The molecule has 3 heteroatoms. The van der Waals surface area contributed by atoms with E-state index >= 15 is 0 Å². The molecule has 0 amide bonds. The van der Waals surface area contributed by atoms with Crippen molar-refractivity contribution in [2.45, 2.75) is 32.7 Å². The van der Waals surface area contributed by atoms with Crippen LogP contribution >= 0.6 is 0 Å². The SMILES string of the molecule is CC[C@H](C)n1c(C#N)ccc1Cc1ccco1. The van der Waals surface area contributed by atoms with Crippen molar-refractivity contribution in [2.24, 2.45) is 0 Å². The largest absolute Gasteiger partial charge is 0.469 e. The lowest BCUT2D eigenvalue weighted by molar-refractivity contribution is 0.488. The van der Waals surface area contributed by atoms with Crippen LogP contribution in [-0.4, -0.2) is 4.57 Å². The number of rotatable bonds is 4. The molecule has 0 unspecified atom stereocenters. The van der Waals surface area contributed by atoms with Crippen molar-refractivity contribution in [1.29, 1.82) is 5.26 Å². The molecule has 0 N–H and O–H groups in total. The Labute approximate surface area is 101 Å². The predicted octanol–water partition coefficient (Wildman–Crippen LogP) is 3.51. The lowest BCUT2D eigenvalue weighted by atomic mass is 10.2. The van der Waals surface area contributed by atoms with Crippen molar-refractivity contribution < 1.29 is 4.42 Å². The Bertz CT molecular complexity index is 517. The van der Waals surface area contributed by atoms with Crippen LogP contribution in [0, 0.1) is 11.3 Å². The quantitative estimate of drug-likeness (QED) is 0.803. The van der Waals surface area contributed by atoms with Gasteiger partial charge in [0.1, 0.15) is 17.5 Å². The van der Waals surface area contributed by atoms with E-state index in [1.807, 2.05) is 24.3 Å². The van der Waals surface area contributed by atoms with Crippen LogP contribution < -0.4 is 0 Å². The van der Waals surface area contributed by atoms with E-state index in [-0.39, 0.29) is 0 Å². The maximum Gasteiger partial charge on any atom is 0.120 e. The molecular weight excluding hydrogens is 212 g/mol. The van der Waals surface area contributed by atoms with Gasteiger partial charge in [-0.3, -0.25) is 0 Å². The van der Waals surface area contributed by atoms with Gasteiger partial charge >= 0.3 is 0 Å². The molecule has 0 aromatic carbocycles. The Morgan fingerprint density at radius 2 is 2.24 bits per heavy atom. The Morgan fingerprint density at radius 3 is 2.82 bits per heavy atom. The molecule has 3 nitrogen and oxygen atoms in total. The number of aromatic nitrogens is 1. The molecule has 0 radical (unpaired) electrons. The smallest absolute Gasteiger partial charge is 0.120 e. The average molecular weight is 228 g/mol. The lowest BCUT2D eigenvalue weighted by Crippen LogP contribution is -2.10. The molecule has 0 fully saturated rings. The van der Waals surface area contributed by atoms with Gasteiger partial charge in [-0.25, -0.2) is 0 Å². The van der Waals surface area contributed by atoms with E-state index < -0.39 is 0 Å². The molecule has 2 rings (SSSR count). The molecule has 0 spiro atoms. The van der Waals surface area contributed by atoms with Crippen LogP contribution in [0.5, 0.6) is 0 Å². The van der Waals surface area contributed by atoms with Gasteiger partial charge in [-0.15, -0.1) is 0 Å². The second-order valence-corrected chi connectivity index (χ2v) is 4.21. The van der Waals surface area contributed by atoms with Crippen molar-refractivity contribution in [3.8, 4) is 6.07 Å². The Kier molecular flexibility index (Phi) is 3.34. The molecule has 1 atom stereocenters. The molecule has 0 bridgehead atoms. The maximum absolute atomic E-state index is 9.11. The third-order valence-electron chi connectivity index (χ3n) is 3.08. The highest BCUT2D eigenvalue weighted by Gasteiger charge is 2.13. The fraction of sp³-hybridized carbons (Fsp3) is 0.357. The van der Waals surface area contributed by atoms with Gasteiger partial charge < -0.3 is 8.98 Å². The Hall–Kier alpha value is -1.95. The lowest BCUT2D eigenvalue weighted by Gasteiger charge is -2.16. The van der Waals surface area contributed by atoms with E-state index in [0.717, 1.165) is 30.0 Å². The highest BCUT2D eigenvalue weighted by atomic mass is 16.3. The number of hydrogen-bond donors (Lipinski definition) is 0. The summed E-state index contributed by atoms with van der Waals surface area (Å²) in [5.41, 5.74) is 1.85. The van der Waals surface area contributed by atoms with Crippen molar-refractivity contribution in [3.63, 3.8) is 0 Å². The van der Waals surface area contributed by atoms with Gasteiger partial charge in [0.05, 0.1) is 6.26 Å². The fourth-order valence-electron chi connectivity index (χ4n) is 2.02. The minimum absolute atomic E-state index is 0.338. The van der Waals surface area contributed by atoms with Gasteiger partial charge in [0.15, 0.2) is 0 Å². The molecule has 0 aliphatic rings. The van der Waals surface area contributed by atoms with Gasteiger partial charge in [-0.2, -0.15) is 5.26 Å². The topological polar surface area (TPSA) is 41.9 Å². The van der Waals surface area contributed by atoms with Crippen molar-refractivity contribution in [3.05, 3.63) is 47.7 Å². The summed E-state index contributed by atoms with van der Waals surface area (Å²) in [5, 5.41) is 9.11. The van der Waals surface area contributed by atoms with Crippen LogP contribution in [0.4, 0.5) is 0 Å². The third-order valence-corrected chi connectivity index (χ3v) is 3.08. The molecule has 17 heavy (non-hydrogen) atoms. The maximum atomic E-state index is 9.11. The fourth-order valence-corrected chi connectivity index (χ4v) is 2.02. The zero-order valence-electron chi connectivity index (χ0n) is 10.2. The Morgan fingerprint density at radius 1 is 1.41 bits per heavy atom. The van der Waals surface area contributed by atoms with E-state index in [1.54, 1.807) is 6.26 Å². The second-order valence-electron chi connectivity index (χ2n) is 4.21. The summed E-state index contributed by atoms with van der Waals surface area (Å²) in [6, 6.07) is 10.3. The summed E-state index contributed by atoms with van der Waals surface area (Å²) in [6.45, 7) is 4.26. The zero-order chi connectivity index (χ0) is 12.3. The predicted molar refractivity (Wildman–Crippen MR) is 65.7 cm³/mol. The first-order chi connectivity index (χ1) is 8.26. The summed E-state index contributed by atoms with van der Waals surface area (Å²) < 4.78 is 7.45. The van der Waals surface area contributed by atoms with E-state index in [0.29, 0.717) is 6.04 Å². The van der Waals surface area contributed by atoms with E-state index in [2.05, 4.69) is 24.5 Å². The first kappa shape index (κ1) is 11.5. The first-order valence-electron chi connectivity index (χ1n) is 5.88. The molecule has 88 valence electrons. The van der Waals surface area contributed by atoms with Crippen molar-refractivity contribution in [1.82, 2.24) is 4.57 Å². The van der Waals surface area contributed by atoms with Gasteiger partial charge in [0.2, 0.25) is 0 Å². The molecule has 2 heterocycles. The van der Waals surface area contributed by atoms with Gasteiger partial charge in [-0.1, -0.05) is 6.92 Å². The van der Waals surface area contributed by atoms with E-state index in [9.17, 15) is 0 Å². The minimum Gasteiger partial charge on any atom is -0.469 e.